The first-order valence-electron chi connectivity index (χ1n) is 5.50. The van der Waals surface area contributed by atoms with E-state index in [1.165, 1.54) is 0 Å². The average molecular weight is 267 g/mol. The van der Waals surface area contributed by atoms with E-state index in [0.29, 0.717) is 25.1 Å². The predicted octanol–water partition coefficient (Wildman–Crippen LogP) is 0.267. The van der Waals surface area contributed by atoms with E-state index in [1.807, 2.05) is 6.26 Å². The van der Waals surface area contributed by atoms with E-state index in [9.17, 15) is 13.5 Å². The van der Waals surface area contributed by atoms with E-state index >= 15 is 0 Å². The molecule has 96 valence electrons. The maximum atomic E-state index is 11.2. The second-order valence-corrected chi connectivity index (χ2v) is 7.91. The van der Waals surface area contributed by atoms with Gasteiger partial charge >= 0.3 is 0 Å². The maximum Gasteiger partial charge on any atom is 0.150 e. The van der Waals surface area contributed by atoms with E-state index < -0.39 is 15.4 Å². The van der Waals surface area contributed by atoms with Crippen LogP contribution in [0.1, 0.15) is 19.8 Å². The Bertz CT molecular complexity index is 300. The highest BCUT2D eigenvalue weighted by Crippen LogP contribution is 2.14. The quantitative estimate of drug-likeness (QED) is 0.748. The van der Waals surface area contributed by atoms with E-state index in [-0.39, 0.29) is 17.5 Å². The summed E-state index contributed by atoms with van der Waals surface area (Å²) in [6.45, 7) is 2.33. The van der Waals surface area contributed by atoms with Gasteiger partial charge in [-0.25, -0.2) is 8.42 Å². The third-order valence-corrected chi connectivity index (χ3v) is 5.41. The molecule has 1 saturated heterocycles. The Morgan fingerprint density at radius 2 is 2.00 bits per heavy atom. The summed E-state index contributed by atoms with van der Waals surface area (Å²) in [6, 6.07) is 0.233. The molecule has 1 aliphatic heterocycles. The first-order valence-corrected chi connectivity index (χ1v) is 8.71. The average Bonchev–Trinajstić information content (AvgIpc) is 2.16. The molecule has 1 fully saturated rings. The summed E-state index contributed by atoms with van der Waals surface area (Å²) < 4.78 is 22.4. The molecule has 0 aromatic rings. The van der Waals surface area contributed by atoms with Crippen molar-refractivity contribution in [2.45, 2.75) is 31.4 Å². The Balaban J connectivity index is 2.30. The molecule has 1 atom stereocenters. The van der Waals surface area contributed by atoms with Crippen LogP contribution >= 0.6 is 11.8 Å². The molecule has 16 heavy (non-hydrogen) atoms. The Kier molecular flexibility index (Phi) is 5.10. The molecule has 0 aromatic heterocycles. The molecular formula is C10H21NO3S2. The van der Waals surface area contributed by atoms with Gasteiger partial charge in [0.25, 0.3) is 0 Å². The predicted molar refractivity (Wildman–Crippen MR) is 68.7 cm³/mol. The second kappa shape index (κ2) is 5.71. The minimum absolute atomic E-state index is 0.233. The molecule has 0 spiro atoms. The van der Waals surface area contributed by atoms with Crippen molar-refractivity contribution in [2.75, 3.05) is 30.1 Å². The number of nitrogens with one attached hydrogen (secondary N) is 1. The molecule has 1 unspecified atom stereocenters. The lowest BCUT2D eigenvalue weighted by molar-refractivity contribution is 0.0809. The number of sulfone groups is 1. The summed E-state index contributed by atoms with van der Waals surface area (Å²) in [5.41, 5.74) is -0.713. The van der Waals surface area contributed by atoms with Gasteiger partial charge < -0.3 is 10.4 Å². The fourth-order valence-corrected chi connectivity index (χ4v) is 4.04. The SMILES string of the molecule is CSCC(C)(O)CNC1CCS(=O)(=O)CC1. The molecule has 0 amide bonds. The van der Waals surface area contributed by atoms with Crippen LogP contribution in [-0.2, 0) is 9.84 Å². The normalized spacial score (nSPS) is 25.2. The number of aliphatic hydroxyl groups is 1. The van der Waals surface area contributed by atoms with E-state index in [4.69, 9.17) is 0 Å². The molecule has 2 N–H and O–H groups in total. The molecule has 1 rings (SSSR count). The van der Waals surface area contributed by atoms with Crippen LogP contribution in [0.25, 0.3) is 0 Å². The summed E-state index contributed by atoms with van der Waals surface area (Å²) >= 11 is 1.61. The minimum Gasteiger partial charge on any atom is -0.388 e. The van der Waals surface area contributed by atoms with Crippen molar-refractivity contribution in [3.05, 3.63) is 0 Å². The van der Waals surface area contributed by atoms with E-state index in [0.717, 1.165) is 0 Å². The van der Waals surface area contributed by atoms with Crippen LogP contribution in [0.3, 0.4) is 0 Å². The van der Waals surface area contributed by atoms with Crippen LogP contribution in [0.2, 0.25) is 0 Å². The summed E-state index contributed by atoms with van der Waals surface area (Å²) in [6.07, 6.45) is 3.29. The molecule has 6 heteroatoms. The zero-order valence-corrected chi connectivity index (χ0v) is 11.5. The van der Waals surface area contributed by atoms with Gasteiger partial charge in [0.1, 0.15) is 9.84 Å². The minimum atomic E-state index is -2.79. The molecule has 0 saturated carbocycles. The molecule has 4 nitrogen and oxygen atoms in total. The van der Waals surface area contributed by atoms with Gasteiger partial charge in [0, 0.05) is 18.3 Å². The van der Waals surface area contributed by atoms with Crippen LogP contribution in [0, 0.1) is 0 Å². The topological polar surface area (TPSA) is 66.4 Å². The van der Waals surface area contributed by atoms with Crippen LogP contribution in [0.15, 0.2) is 0 Å². The first kappa shape index (κ1) is 14.3. The largest absolute Gasteiger partial charge is 0.388 e. The number of thioether (sulfide) groups is 1. The lowest BCUT2D eigenvalue weighted by Gasteiger charge is -2.28. The van der Waals surface area contributed by atoms with Crippen molar-refractivity contribution in [1.82, 2.24) is 5.32 Å². The van der Waals surface area contributed by atoms with Crippen LogP contribution in [0.5, 0.6) is 0 Å². The lowest BCUT2D eigenvalue weighted by Crippen LogP contribution is -2.46. The van der Waals surface area contributed by atoms with Gasteiger partial charge in [-0.2, -0.15) is 11.8 Å². The summed E-state index contributed by atoms with van der Waals surface area (Å²) in [5.74, 6) is 1.23. The number of rotatable bonds is 5. The highest BCUT2D eigenvalue weighted by molar-refractivity contribution is 7.98. The number of hydrogen-bond donors (Lipinski definition) is 2. The third-order valence-electron chi connectivity index (χ3n) is 2.78. The Morgan fingerprint density at radius 3 is 2.50 bits per heavy atom. The Hall–Kier alpha value is 0.220. The van der Waals surface area contributed by atoms with Crippen molar-refractivity contribution < 1.29 is 13.5 Å². The highest BCUT2D eigenvalue weighted by atomic mass is 32.2. The standard InChI is InChI=1S/C10H21NO3S2/c1-10(12,8-15-2)7-11-9-3-5-16(13,14)6-4-9/h9,11-12H,3-8H2,1-2H3. The van der Waals surface area contributed by atoms with Gasteiger partial charge in [-0.05, 0) is 26.0 Å². The van der Waals surface area contributed by atoms with Crippen molar-refractivity contribution in [2.24, 2.45) is 0 Å². The Labute approximate surface area is 102 Å². The summed E-state index contributed by atoms with van der Waals surface area (Å²) in [7, 11) is -2.79. The molecule has 0 radical (unpaired) electrons. The van der Waals surface area contributed by atoms with E-state index in [1.54, 1.807) is 18.7 Å². The van der Waals surface area contributed by atoms with Gasteiger partial charge in [0.2, 0.25) is 0 Å². The first-order chi connectivity index (χ1) is 7.35. The molecule has 0 aliphatic carbocycles. The van der Waals surface area contributed by atoms with Gasteiger partial charge in [-0.15, -0.1) is 0 Å². The fraction of sp³-hybridized carbons (Fsp3) is 1.00. The van der Waals surface area contributed by atoms with Crippen LogP contribution < -0.4 is 5.32 Å². The van der Waals surface area contributed by atoms with Crippen molar-refractivity contribution in [3.8, 4) is 0 Å². The van der Waals surface area contributed by atoms with Gasteiger partial charge in [0.05, 0.1) is 17.1 Å². The number of hydrogen-bond acceptors (Lipinski definition) is 5. The van der Waals surface area contributed by atoms with Crippen LogP contribution in [0.4, 0.5) is 0 Å². The van der Waals surface area contributed by atoms with Crippen molar-refractivity contribution in [1.29, 1.82) is 0 Å². The van der Waals surface area contributed by atoms with Gasteiger partial charge in [0.15, 0.2) is 0 Å². The maximum absolute atomic E-state index is 11.2. The molecular weight excluding hydrogens is 246 g/mol. The Morgan fingerprint density at radius 1 is 1.44 bits per heavy atom. The zero-order chi connectivity index (χ0) is 12.2. The monoisotopic (exact) mass is 267 g/mol. The smallest absolute Gasteiger partial charge is 0.150 e. The van der Waals surface area contributed by atoms with Crippen molar-refractivity contribution in [3.63, 3.8) is 0 Å². The van der Waals surface area contributed by atoms with Crippen LogP contribution in [-0.4, -0.2) is 55.2 Å². The lowest BCUT2D eigenvalue weighted by atomic mass is 10.1. The fourth-order valence-electron chi connectivity index (χ4n) is 1.82. The second-order valence-electron chi connectivity index (χ2n) is 4.74. The summed E-state index contributed by atoms with van der Waals surface area (Å²) in [5, 5.41) is 13.2. The molecule has 0 bridgehead atoms. The molecule has 0 aromatic carbocycles. The zero-order valence-electron chi connectivity index (χ0n) is 9.90. The van der Waals surface area contributed by atoms with Gasteiger partial charge in [-0.3, -0.25) is 0 Å². The third kappa shape index (κ3) is 5.03. The van der Waals surface area contributed by atoms with E-state index in [2.05, 4.69) is 5.32 Å². The van der Waals surface area contributed by atoms with Crippen molar-refractivity contribution >= 4 is 21.6 Å². The molecule has 1 heterocycles. The molecule has 1 aliphatic rings. The summed E-state index contributed by atoms with van der Waals surface area (Å²) in [4.78, 5) is 0. The highest BCUT2D eigenvalue weighted by Gasteiger charge is 2.26. The van der Waals surface area contributed by atoms with Gasteiger partial charge in [-0.1, -0.05) is 0 Å².